The molecule has 1 aromatic carbocycles. The van der Waals surface area contributed by atoms with E-state index in [-0.39, 0.29) is 30.2 Å². The second-order valence-electron chi connectivity index (χ2n) is 4.10. The number of carboxylic acid groups (broad SMARTS) is 1. The van der Waals surface area contributed by atoms with Gasteiger partial charge in [-0.05, 0) is 12.1 Å². The zero-order valence-corrected chi connectivity index (χ0v) is 10.6. The Morgan fingerprint density at radius 3 is 2.95 bits per heavy atom. The first-order chi connectivity index (χ1) is 9.15. The number of amides is 1. The van der Waals surface area contributed by atoms with Crippen LogP contribution in [0.4, 0.5) is 5.69 Å². The summed E-state index contributed by atoms with van der Waals surface area (Å²) >= 11 is 0. The van der Waals surface area contributed by atoms with Crippen LogP contribution in [0.2, 0.25) is 0 Å². The number of para-hydroxylation sites is 1. The molecule has 1 aliphatic rings. The molecule has 0 spiro atoms. The predicted molar refractivity (Wildman–Crippen MR) is 67.7 cm³/mol. The molecule has 1 N–H and O–H groups in total. The van der Waals surface area contributed by atoms with E-state index in [4.69, 9.17) is 14.6 Å². The average molecular weight is 265 g/mol. The standard InChI is InChI=1S/C13H15NO5/c1-18-7-5-11(15)14-6-8-19-12-9(13(16)17)3-2-4-10(12)14/h2-4H,5-8H2,1H3,(H,16,17). The minimum Gasteiger partial charge on any atom is -0.489 e. The van der Waals surface area contributed by atoms with Crippen molar-refractivity contribution in [2.45, 2.75) is 6.42 Å². The molecule has 0 unspecified atom stereocenters. The highest BCUT2D eigenvalue weighted by molar-refractivity contribution is 6.00. The largest absolute Gasteiger partial charge is 0.489 e. The quantitative estimate of drug-likeness (QED) is 0.883. The number of fused-ring (bicyclic) bond motifs is 1. The van der Waals surface area contributed by atoms with Crippen LogP contribution in [0.3, 0.4) is 0 Å². The van der Waals surface area contributed by atoms with Crippen molar-refractivity contribution in [2.75, 3.05) is 31.8 Å². The van der Waals surface area contributed by atoms with Gasteiger partial charge >= 0.3 is 5.97 Å². The summed E-state index contributed by atoms with van der Waals surface area (Å²) in [5.41, 5.74) is 0.578. The Labute approximate surface area is 110 Å². The molecule has 1 aromatic rings. The number of carbonyl (C=O) groups excluding carboxylic acids is 1. The SMILES string of the molecule is COCCC(=O)N1CCOc2c(C(=O)O)cccc21. The summed E-state index contributed by atoms with van der Waals surface area (Å²) in [5, 5.41) is 9.10. The fourth-order valence-electron chi connectivity index (χ4n) is 2.00. The number of ether oxygens (including phenoxy) is 2. The zero-order valence-electron chi connectivity index (χ0n) is 10.6. The Morgan fingerprint density at radius 2 is 2.26 bits per heavy atom. The molecule has 6 heteroatoms. The van der Waals surface area contributed by atoms with Crippen LogP contribution in [-0.4, -0.2) is 43.9 Å². The molecule has 2 rings (SSSR count). The number of hydrogen-bond donors (Lipinski definition) is 1. The highest BCUT2D eigenvalue weighted by atomic mass is 16.5. The van der Waals surface area contributed by atoms with E-state index < -0.39 is 5.97 Å². The third-order valence-electron chi connectivity index (χ3n) is 2.90. The van der Waals surface area contributed by atoms with Gasteiger partial charge in [0, 0.05) is 7.11 Å². The van der Waals surface area contributed by atoms with Gasteiger partial charge in [0.05, 0.1) is 25.3 Å². The van der Waals surface area contributed by atoms with Crippen LogP contribution in [0.5, 0.6) is 5.75 Å². The van der Waals surface area contributed by atoms with Gasteiger partial charge in [0.2, 0.25) is 5.91 Å². The van der Waals surface area contributed by atoms with E-state index in [1.165, 1.54) is 13.2 Å². The molecular formula is C13H15NO5. The molecule has 0 atom stereocenters. The highest BCUT2D eigenvalue weighted by Gasteiger charge is 2.27. The van der Waals surface area contributed by atoms with Gasteiger partial charge in [0.25, 0.3) is 0 Å². The summed E-state index contributed by atoms with van der Waals surface area (Å²) in [4.78, 5) is 24.7. The van der Waals surface area contributed by atoms with Crippen molar-refractivity contribution in [2.24, 2.45) is 0 Å². The number of anilines is 1. The third kappa shape index (κ3) is 2.68. The van der Waals surface area contributed by atoms with E-state index in [9.17, 15) is 9.59 Å². The van der Waals surface area contributed by atoms with Crippen molar-refractivity contribution in [3.8, 4) is 5.75 Å². The van der Waals surface area contributed by atoms with E-state index in [1.54, 1.807) is 17.0 Å². The number of carboxylic acids is 1. The van der Waals surface area contributed by atoms with Gasteiger partial charge in [-0.1, -0.05) is 6.07 Å². The molecule has 0 bridgehead atoms. The van der Waals surface area contributed by atoms with Gasteiger partial charge < -0.3 is 19.5 Å². The summed E-state index contributed by atoms with van der Waals surface area (Å²) in [6.07, 6.45) is 0.257. The second kappa shape index (κ2) is 5.71. The van der Waals surface area contributed by atoms with Crippen LogP contribution < -0.4 is 9.64 Å². The molecule has 1 aliphatic heterocycles. The van der Waals surface area contributed by atoms with Crippen molar-refractivity contribution in [3.05, 3.63) is 23.8 Å². The lowest BCUT2D eigenvalue weighted by atomic mass is 10.1. The maximum Gasteiger partial charge on any atom is 0.339 e. The predicted octanol–water partition coefficient (Wildman–Crippen LogP) is 1.15. The summed E-state index contributed by atoms with van der Waals surface area (Å²) in [6.45, 7) is 1.04. The average Bonchev–Trinajstić information content (AvgIpc) is 2.43. The Kier molecular flexibility index (Phi) is 4.01. The number of hydrogen-bond acceptors (Lipinski definition) is 4. The summed E-state index contributed by atoms with van der Waals surface area (Å²) in [6, 6.07) is 4.75. The maximum absolute atomic E-state index is 12.0. The Bertz CT molecular complexity index is 500. The Morgan fingerprint density at radius 1 is 1.47 bits per heavy atom. The first-order valence-electron chi connectivity index (χ1n) is 5.93. The number of carbonyl (C=O) groups is 2. The lowest BCUT2D eigenvalue weighted by Gasteiger charge is -2.30. The lowest BCUT2D eigenvalue weighted by Crippen LogP contribution is -2.38. The van der Waals surface area contributed by atoms with Crippen LogP contribution in [0.1, 0.15) is 16.8 Å². The van der Waals surface area contributed by atoms with Crippen molar-refractivity contribution < 1.29 is 24.2 Å². The van der Waals surface area contributed by atoms with Gasteiger partial charge in [0.1, 0.15) is 12.2 Å². The summed E-state index contributed by atoms with van der Waals surface area (Å²) in [5.74, 6) is -0.913. The fraction of sp³-hybridized carbons (Fsp3) is 0.385. The van der Waals surface area contributed by atoms with E-state index in [1.807, 2.05) is 0 Å². The summed E-state index contributed by atoms with van der Waals surface area (Å²) in [7, 11) is 1.53. The molecule has 0 saturated heterocycles. The lowest BCUT2D eigenvalue weighted by molar-refractivity contribution is -0.119. The Balaban J connectivity index is 2.32. The molecule has 0 aromatic heterocycles. The molecule has 6 nitrogen and oxygen atoms in total. The number of benzene rings is 1. The van der Waals surface area contributed by atoms with E-state index in [0.717, 1.165) is 0 Å². The van der Waals surface area contributed by atoms with Gasteiger partial charge in [-0.2, -0.15) is 0 Å². The second-order valence-corrected chi connectivity index (χ2v) is 4.10. The first kappa shape index (κ1) is 13.4. The van der Waals surface area contributed by atoms with Gasteiger partial charge in [-0.3, -0.25) is 4.79 Å². The number of nitrogens with zero attached hydrogens (tertiary/aromatic N) is 1. The monoisotopic (exact) mass is 265 g/mol. The fourth-order valence-corrected chi connectivity index (χ4v) is 2.00. The van der Waals surface area contributed by atoms with Crippen molar-refractivity contribution in [1.82, 2.24) is 0 Å². The smallest absolute Gasteiger partial charge is 0.339 e. The molecular weight excluding hydrogens is 250 g/mol. The van der Waals surface area contributed by atoms with E-state index in [0.29, 0.717) is 18.8 Å². The van der Waals surface area contributed by atoms with Crippen molar-refractivity contribution >= 4 is 17.6 Å². The molecule has 19 heavy (non-hydrogen) atoms. The normalized spacial score (nSPS) is 13.6. The van der Waals surface area contributed by atoms with Crippen molar-refractivity contribution in [1.29, 1.82) is 0 Å². The maximum atomic E-state index is 12.0. The minimum absolute atomic E-state index is 0.0711. The molecule has 0 saturated carbocycles. The van der Waals surface area contributed by atoms with E-state index >= 15 is 0 Å². The molecule has 1 heterocycles. The number of methoxy groups -OCH3 is 1. The minimum atomic E-state index is -1.07. The van der Waals surface area contributed by atoms with Crippen LogP contribution in [0, 0.1) is 0 Å². The Hall–Kier alpha value is -2.08. The summed E-state index contributed by atoms with van der Waals surface area (Å²) < 4.78 is 10.3. The molecule has 0 radical (unpaired) electrons. The van der Waals surface area contributed by atoms with Crippen LogP contribution >= 0.6 is 0 Å². The first-order valence-corrected chi connectivity index (χ1v) is 5.93. The molecule has 0 aliphatic carbocycles. The topological polar surface area (TPSA) is 76.1 Å². The molecule has 1 amide bonds. The van der Waals surface area contributed by atoms with Crippen LogP contribution in [-0.2, 0) is 9.53 Å². The zero-order chi connectivity index (χ0) is 13.8. The number of aromatic carboxylic acids is 1. The van der Waals surface area contributed by atoms with Gasteiger partial charge in [0.15, 0.2) is 5.75 Å². The molecule has 0 fully saturated rings. The molecule has 102 valence electrons. The van der Waals surface area contributed by atoms with Crippen LogP contribution in [0.25, 0.3) is 0 Å². The van der Waals surface area contributed by atoms with E-state index in [2.05, 4.69) is 0 Å². The van der Waals surface area contributed by atoms with Gasteiger partial charge in [-0.25, -0.2) is 4.79 Å². The third-order valence-corrected chi connectivity index (χ3v) is 2.90. The highest BCUT2D eigenvalue weighted by Crippen LogP contribution is 2.35. The van der Waals surface area contributed by atoms with Gasteiger partial charge in [-0.15, -0.1) is 0 Å². The van der Waals surface area contributed by atoms with Crippen LogP contribution in [0.15, 0.2) is 18.2 Å². The van der Waals surface area contributed by atoms with Crippen molar-refractivity contribution in [3.63, 3.8) is 0 Å². The number of rotatable bonds is 4.